The minimum Gasteiger partial charge on any atom is -0.307 e. The maximum absolute atomic E-state index is 13.0. The highest BCUT2D eigenvalue weighted by molar-refractivity contribution is 7.11. The monoisotopic (exact) mass is 292 g/mol. The summed E-state index contributed by atoms with van der Waals surface area (Å²) in [4.78, 5) is 4.15. The molecule has 0 bridgehead atoms. The van der Waals surface area contributed by atoms with Crippen molar-refractivity contribution in [1.29, 1.82) is 0 Å². The van der Waals surface area contributed by atoms with E-state index in [1.54, 1.807) is 0 Å². The molecular weight excluding hydrogens is 273 g/mol. The molecule has 1 aliphatic carbocycles. The highest BCUT2D eigenvalue weighted by Gasteiger charge is 2.42. The van der Waals surface area contributed by atoms with E-state index in [1.807, 2.05) is 27.7 Å². The van der Waals surface area contributed by atoms with Crippen molar-refractivity contribution in [1.82, 2.24) is 10.3 Å². The average molecular weight is 292 g/mol. The standard InChI is InChI=1S/C13H19F3N2S/c1-7-5-8(7)11-18-10(13(14,15)16)9(19-11)6-17-12(2,3)4/h7-8,17H,5-6H2,1-4H3. The Morgan fingerprint density at radius 3 is 2.32 bits per heavy atom. The normalized spacial score (nSPS) is 23.7. The van der Waals surface area contributed by atoms with Crippen LogP contribution in [-0.2, 0) is 12.7 Å². The van der Waals surface area contributed by atoms with Crippen LogP contribution in [0.2, 0.25) is 0 Å². The van der Waals surface area contributed by atoms with Crippen LogP contribution in [0.4, 0.5) is 13.2 Å². The lowest BCUT2D eigenvalue weighted by atomic mass is 10.1. The average Bonchev–Trinajstić information content (AvgIpc) is 2.79. The molecule has 0 saturated heterocycles. The Morgan fingerprint density at radius 2 is 1.89 bits per heavy atom. The van der Waals surface area contributed by atoms with E-state index in [0.29, 0.717) is 15.8 Å². The van der Waals surface area contributed by atoms with Gasteiger partial charge in [-0.15, -0.1) is 11.3 Å². The second-order valence-electron chi connectivity index (χ2n) is 6.24. The molecule has 0 aromatic carbocycles. The number of hydrogen-bond acceptors (Lipinski definition) is 3. The van der Waals surface area contributed by atoms with Crippen LogP contribution in [0.15, 0.2) is 0 Å². The molecule has 2 unspecified atom stereocenters. The number of hydrogen-bond donors (Lipinski definition) is 1. The summed E-state index contributed by atoms with van der Waals surface area (Å²) in [5.41, 5.74) is -0.914. The fourth-order valence-electron chi connectivity index (χ4n) is 1.88. The van der Waals surface area contributed by atoms with Crippen LogP contribution in [0.25, 0.3) is 0 Å². The van der Waals surface area contributed by atoms with Crippen molar-refractivity contribution in [2.24, 2.45) is 5.92 Å². The summed E-state index contributed by atoms with van der Waals surface area (Å²) in [6.07, 6.45) is -3.40. The lowest BCUT2D eigenvalue weighted by Crippen LogP contribution is -2.35. The number of nitrogens with one attached hydrogen (secondary N) is 1. The maximum atomic E-state index is 13.0. The van der Waals surface area contributed by atoms with Gasteiger partial charge in [-0.3, -0.25) is 0 Å². The number of aromatic nitrogens is 1. The van der Waals surface area contributed by atoms with Crippen LogP contribution in [0.5, 0.6) is 0 Å². The summed E-state index contributed by atoms with van der Waals surface area (Å²) in [6, 6.07) is 0. The van der Waals surface area contributed by atoms with E-state index in [1.165, 1.54) is 11.3 Å². The predicted molar refractivity (Wildman–Crippen MR) is 70.2 cm³/mol. The molecule has 0 aliphatic heterocycles. The molecule has 1 aromatic rings. The van der Waals surface area contributed by atoms with E-state index >= 15 is 0 Å². The van der Waals surface area contributed by atoms with Gasteiger partial charge in [0, 0.05) is 18.0 Å². The van der Waals surface area contributed by atoms with Crippen LogP contribution in [0.1, 0.15) is 55.6 Å². The molecule has 2 rings (SSSR count). The quantitative estimate of drug-likeness (QED) is 0.904. The van der Waals surface area contributed by atoms with E-state index in [2.05, 4.69) is 10.3 Å². The largest absolute Gasteiger partial charge is 0.434 e. The zero-order valence-corrected chi connectivity index (χ0v) is 12.4. The van der Waals surface area contributed by atoms with Gasteiger partial charge in [-0.05, 0) is 33.1 Å². The van der Waals surface area contributed by atoms with Crippen molar-refractivity contribution in [2.75, 3.05) is 0 Å². The van der Waals surface area contributed by atoms with Crippen molar-refractivity contribution in [3.63, 3.8) is 0 Å². The molecule has 1 aromatic heterocycles. The van der Waals surface area contributed by atoms with Gasteiger partial charge in [0.05, 0.1) is 9.88 Å². The molecule has 0 spiro atoms. The van der Waals surface area contributed by atoms with Crippen molar-refractivity contribution in [3.8, 4) is 0 Å². The molecule has 1 fully saturated rings. The van der Waals surface area contributed by atoms with Crippen molar-refractivity contribution >= 4 is 11.3 Å². The molecule has 2 nitrogen and oxygen atoms in total. The van der Waals surface area contributed by atoms with E-state index in [-0.39, 0.29) is 18.0 Å². The first-order valence-corrected chi connectivity index (χ1v) is 7.21. The molecule has 108 valence electrons. The first-order valence-electron chi connectivity index (χ1n) is 6.40. The Balaban J connectivity index is 2.22. The smallest absolute Gasteiger partial charge is 0.307 e. The number of rotatable bonds is 3. The minimum absolute atomic E-state index is 0.208. The fourth-order valence-corrected chi connectivity index (χ4v) is 3.15. The SMILES string of the molecule is CC1CC1c1nc(C(F)(F)F)c(CNC(C)(C)C)s1. The van der Waals surface area contributed by atoms with Gasteiger partial charge in [0.1, 0.15) is 0 Å². The molecular formula is C13H19F3N2S. The molecule has 6 heteroatoms. The highest BCUT2D eigenvalue weighted by atomic mass is 32.1. The van der Waals surface area contributed by atoms with Crippen molar-refractivity contribution < 1.29 is 13.2 Å². The summed E-state index contributed by atoms with van der Waals surface area (Å²) in [7, 11) is 0. The van der Waals surface area contributed by atoms with Gasteiger partial charge in [-0.25, -0.2) is 4.98 Å². The van der Waals surface area contributed by atoms with Crippen LogP contribution >= 0.6 is 11.3 Å². The molecule has 1 aliphatic rings. The first-order chi connectivity index (χ1) is 8.58. The fraction of sp³-hybridized carbons (Fsp3) is 0.769. The van der Waals surface area contributed by atoms with Crippen molar-refractivity contribution in [3.05, 3.63) is 15.6 Å². The second kappa shape index (κ2) is 4.74. The minimum atomic E-state index is -4.36. The predicted octanol–water partition coefficient (Wildman–Crippen LogP) is 4.17. The Morgan fingerprint density at radius 1 is 1.32 bits per heavy atom. The van der Waals surface area contributed by atoms with Crippen LogP contribution in [0.3, 0.4) is 0 Å². The summed E-state index contributed by atoms with van der Waals surface area (Å²) in [6.45, 7) is 8.07. The number of thiazole rings is 1. The summed E-state index contributed by atoms with van der Waals surface area (Å²) in [5, 5.41) is 3.75. The second-order valence-corrected chi connectivity index (χ2v) is 7.36. The Kier molecular flexibility index (Phi) is 3.68. The number of alkyl halides is 3. The Labute approximate surface area is 115 Å². The van der Waals surface area contributed by atoms with Crippen molar-refractivity contribution in [2.45, 2.75) is 58.3 Å². The summed E-state index contributed by atoms with van der Waals surface area (Å²) in [5.74, 6) is 0.699. The highest BCUT2D eigenvalue weighted by Crippen LogP contribution is 2.49. The lowest BCUT2D eigenvalue weighted by molar-refractivity contribution is -0.141. The third-order valence-electron chi connectivity index (χ3n) is 3.19. The third kappa shape index (κ3) is 3.69. The third-order valence-corrected chi connectivity index (χ3v) is 4.38. The lowest BCUT2D eigenvalue weighted by Gasteiger charge is -2.20. The van der Waals surface area contributed by atoms with Gasteiger partial charge in [-0.1, -0.05) is 6.92 Å². The molecule has 1 heterocycles. The van der Waals surface area contributed by atoms with E-state index < -0.39 is 11.9 Å². The summed E-state index contributed by atoms with van der Waals surface area (Å²) < 4.78 is 38.9. The Hall–Kier alpha value is -0.620. The Bertz CT molecular complexity index is 459. The zero-order chi connectivity index (χ0) is 14.4. The molecule has 1 saturated carbocycles. The molecule has 2 atom stereocenters. The van der Waals surface area contributed by atoms with E-state index in [9.17, 15) is 13.2 Å². The topological polar surface area (TPSA) is 24.9 Å². The molecule has 19 heavy (non-hydrogen) atoms. The maximum Gasteiger partial charge on any atom is 0.434 e. The summed E-state index contributed by atoms with van der Waals surface area (Å²) >= 11 is 1.21. The van der Waals surface area contributed by atoms with Gasteiger partial charge >= 0.3 is 6.18 Å². The first kappa shape index (κ1) is 14.8. The zero-order valence-electron chi connectivity index (χ0n) is 11.6. The van der Waals surface area contributed by atoms with E-state index in [4.69, 9.17) is 0 Å². The van der Waals surface area contributed by atoms with Gasteiger partial charge in [0.15, 0.2) is 5.69 Å². The van der Waals surface area contributed by atoms with Gasteiger partial charge in [-0.2, -0.15) is 13.2 Å². The van der Waals surface area contributed by atoms with Gasteiger partial charge in [0.25, 0.3) is 0 Å². The number of halogens is 3. The van der Waals surface area contributed by atoms with Crippen LogP contribution in [-0.4, -0.2) is 10.5 Å². The van der Waals surface area contributed by atoms with Gasteiger partial charge in [0.2, 0.25) is 0 Å². The van der Waals surface area contributed by atoms with Crippen LogP contribution < -0.4 is 5.32 Å². The number of nitrogens with zero attached hydrogens (tertiary/aromatic N) is 1. The van der Waals surface area contributed by atoms with E-state index in [0.717, 1.165) is 6.42 Å². The molecule has 0 amide bonds. The van der Waals surface area contributed by atoms with Gasteiger partial charge < -0.3 is 5.32 Å². The van der Waals surface area contributed by atoms with Crippen LogP contribution in [0, 0.1) is 5.92 Å². The molecule has 1 N–H and O–H groups in total. The molecule has 0 radical (unpaired) electrons.